The first-order chi connectivity index (χ1) is 15.5. The maximum atomic E-state index is 13.2. The van der Waals surface area contributed by atoms with Gasteiger partial charge in [-0.25, -0.2) is 19.1 Å². The molecule has 1 aliphatic heterocycles. The molecule has 0 saturated heterocycles. The molecule has 4 aromatic rings. The summed E-state index contributed by atoms with van der Waals surface area (Å²) in [6.45, 7) is 1.98. The van der Waals surface area contributed by atoms with Crippen LogP contribution in [0, 0.1) is 6.92 Å². The van der Waals surface area contributed by atoms with Gasteiger partial charge in [-0.1, -0.05) is 29.8 Å². The molecule has 1 atom stereocenters. The fourth-order valence-corrected chi connectivity index (χ4v) is 3.78. The number of hydrogen-bond donors (Lipinski definition) is 0. The smallest absolute Gasteiger partial charge is 0.350 e. The van der Waals surface area contributed by atoms with Gasteiger partial charge in [0, 0.05) is 19.0 Å². The van der Waals surface area contributed by atoms with Gasteiger partial charge < -0.3 is 4.42 Å². The Labute approximate surface area is 184 Å². The number of carbonyl (C=O) groups excluding carboxylic acids is 1. The number of rotatable bonds is 4. The van der Waals surface area contributed by atoms with Crippen molar-refractivity contribution < 1.29 is 9.21 Å². The predicted octanol–water partition coefficient (Wildman–Crippen LogP) is 3.46. The van der Waals surface area contributed by atoms with Crippen LogP contribution in [0.15, 0.2) is 87.6 Å². The molecule has 0 bridgehead atoms. The van der Waals surface area contributed by atoms with Crippen molar-refractivity contribution in [2.24, 2.45) is 12.1 Å². The summed E-state index contributed by atoms with van der Waals surface area (Å²) in [6.07, 6.45) is 3.61. The minimum atomic E-state index is -0.325. The highest BCUT2D eigenvalue weighted by molar-refractivity contribution is 6.05. The first-order valence-electron chi connectivity index (χ1n) is 10.2. The van der Waals surface area contributed by atoms with E-state index in [9.17, 15) is 9.59 Å². The van der Waals surface area contributed by atoms with E-state index < -0.39 is 0 Å². The van der Waals surface area contributed by atoms with Crippen LogP contribution in [0.25, 0.3) is 5.69 Å². The van der Waals surface area contributed by atoms with Crippen LogP contribution in [0.5, 0.6) is 0 Å². The molecular formula is C24H21N5O3. The highest BCUT2D eigenvalue weighted by Crippen LogP contribution is 2.34. The SMILES string of the molecule is Cc1ccc(C(=O)N2N=C(c3ccc(-n4cnn(C)c4=O)cc3)CC2c2ccco2)cc1. The van der Waals surface area contributed by atoms with Gasteiger partial charge in [0.05, 0.1) is 17.7 Å². The summed E-state index contributed by atoms with van der Waals surface area (Å²) >= 11 is 0. The second-order valence-corrected chi connectivity index (χ2v) is 7.75. The molecule has 0 fully saturated rings. The number of hydrogen-bond acceptors (Lipinski definition) is 5. The molecule has 8 heteroatoms. The third-order valence-corrected chi connectivity index (χ3v) is 5.59. The highest BCUT2D eigenvalue weighted by Gasteiger charge is 2.35. The molecule has 2 aromatic carbocycles. The Morgan fingerprint density at radius 2 is 1.81 bits per heavy atom. The van der Waals surface area contributed by atoms with Crippen LogP contribution in [0.1, 0.15) is 39.7 Å². The van der Waals surface area contributed by atoms with Crippen LogP contribution in [-0.2, 0) is 7.05 Å². The second kappa shape index (κ2) is 7.81. The van der Waals surface area contributed by atoms with Crippen LogP contribution >= 0.6 is 0 Å². The lowest BCUT2D eigenvalue weighted by Gasteiger charge is -2.20. The number of benzene rings is 2. The van der Waals surface area contributed by atoms with E-state index in [-0.39, 0.29) is 17.6 Å². The van der Waals surface area contributed by atoms with Gasteiger partial charge in [-0.3, -0.25) is 4.79 Å². The zero-order valence-corrected chi connectivity index (χ0v) is 17.7. The Morgan fingerprint density at radius 1 is 1.06 bits per heavy atom. The molecule has 0 N–H and O–H groups in total. The quantitative estimate of drug-likeness (QED) is 0.499. The van der Waals surface area contributed by atoms with Crippen LogP contribution in [-0.4, -0.2) is 31.0 Å². The van der Waals surface area contributed by atoms with Crippen molar-refractivity contribution in [3.8, 4) is 5.69 Å². The maximum Gasteiger partial charge on any atom is 0.350 e. The lowest BCUT2D eigenvalue weighted by atomic mass is 10.0. The Bertz CT molecular complexity index is 1350. The van der Waals surface area contributed by atoms with E-state index in [0.717, 1.165) is 16.8 Å². The average molecular weight is 427 g/mol. The minimum Gasteiger partial charge on any atom is -0.467 e. The van der Waals surface area contributed by atoms with Gasteiger partial charge in [0.25, 0.3) is 5.91 Å². The average Bonchev–Trinajstić information content (AvgIpc) is 3.55. The number of furan rings is 1. The summed E-state index contributed by atoms with van der Waals surface area (Å²) in [4.78, 5) is 25.4. The van der Waals surface area contributed by atoms with Crippen molar-refractivity contribution >= 4 is 11.6 Å². The third kappa shape index (κ3) is 3.45. The molecule has 2 aromatic heterocycles. The van der Waals surface area contributed by atoms with Gasteiger partial charge in [-0.15, -0.1) is 0 Å². The Kier molecular flexibility index (Phi) is 4.82. The Hall–Kier alpha value is -4.20. The standard InChI is InChI=1S/C24H21N5O3/c1-16-5-7-18(8-6-16)23(30)29-21(22-4-3-13-32-22)14-20(26-29)17-9-11-19(12-10-17)28-15-25-27(2)24(28)31/h3-13,15,21H,14H2,1-2H3. The molecule has 0 saturated carbocycles. The fraction of sp³-hybridized carbons (Fsp3) is 0.167. The zero-order chi connectivity index (χ0) is 22.2. The summed E-state index contributed by atoms with van der Waals surface area (Å²) in [5.74, 6) is 0.502. The summed E-state index contributed by atoms with van der Waals surface area (Å²) in [5.41, 5.74) is 3.80. The first-order valence-corrected chi connectivity index (χ1v) is 10.2. The van der Waals surface area contributed by atoms with Gasteiger partial charge in [-0.05, 0) is 48.9 Å². The van der Waals surface area contributed by atoms with Gasteiger partial charge >= 0.3 is 5.69 Å². The fourth-order valence-electron chi connectivity index (χ4n) is 3.78. The van der Waals surface area contributed by atoms with Crippen molar-refractivity contribution in [2.75, 3.05) is 0 Å². The molecule has 1 amide bonds. The zero-order valence-electron chi connectivity index (χ0n) is 17.7. The molecule has 160 valence electrons. The summed E-state index contributed by atoms with van der Waals surface area (Å²) < 4.78 is 8.36. The van der Waals surface area contributed by atoms with Gasteiger partial charge in [0.1, 0.15) is 18.1 Å². The predicted molar refractivity (Wildman–Crippen MR) is 119 cm³/mol. The lowest BCUT2D eigenvalue weighted by Crippen LogP contribution is -2.26. The molecule has 0 aliphatic carbocycles. The van der Waals surface area contributed by atoms with Gasteiger partial charge in [0.2, 0.25) is 0 Å². The number of hydrazone groups is 1. The van der Waals surface area contributed by atoms with Crippen LogP contribution in [0.3, 0.4) is 0 Å². The summed E-state index contributed by atoms with van der Waals surface area (Å²) in [5, 5.41) is 10.2. The molecule has 8 nitrogen and oxygen atoms in total. The van der Waals surface area contributed by atoms with Crippen LogP contribution in [0.2, 0.25) is 0 Å². The van der Waals surface area contributed by atoms with Crippen molar-refractivity contribution in [1.82, 2.24) is 19.4 Å². The monoisotopic (exact) mass is 427 g/mol. The normalized spacial score (nSPS) is 15.8. The molecule has 5 rings (SSSR count). The van der Waals surface area contributed by atoms with E-state index in [1.165, 1.54) is 20.6 Å². The molecule has 32 heavy (non-hydrogen) atoms. The van der Waals surface area contributed by atoms with E-state index in [1.807, 2.05) is 67.6 Å². The van der Waals surface area contributed by atoms with E-state index in [2.05, 4.69) is 10.2 Å². The number of aryl methyl sites for hydroxylation is 2. The van der Waals surface area contributed by atoms with E-state index in [1.54, 1.807) is 13.3 Å². The van der Waals surface area contributed by atoms with E-state index in [0.29, 0.717) is 23.4 Å². The van der Waals surface area contributed by atoms with Crippen LogP contribution < -0.4 is 5.69 Å². The van der Waals surface area contributed by atoms with Crippen LogP contribution in [0.4, 0.5) is 0 Å². The minimum absolute atomic E-state index is 0.181. The molecule has 0 radical (unpaired) electrons. The first kappa shape index (κ1) is 19.7. The number of aromatic nitrogens is 3. The van der Waals surface area contributed by atoms with Crippen molar-refractivity contribution in [3.05, 3.63) is 106 Å². The molecule has 1 aliphatic rings. The molecule has 1 unspecified atom stereocenters. The van der Waals surface area contributed by atoms with E-state index in [4.69, 9.17) is 4.42 Å². The highest BCUT2D eigenvalue weighted by atomic mass is 16.3. The number of amides is 1. The molecular weight excluding hydrogens is 406 g/mol. The Morgan fingerprint density at radius 3 is 2.44 bits per heavy atom. The third-order valence-electron chi connectivity index (χ3n) is 5.59. The van der Waals surface area contributed by atoms with E-state index >= 15 is 0 Å². The second-order valence-electron chi connectivity index (χ2n) is 7.75. The lowest BCUT2D eigenvalue weighted by molar-refractivity contribution is 0.0693. The topological polar surface area (TPSA) is 85.6 Å². The van der Waals surface area contributed by atoms with Gasteiger partial charge in [0.15, 0.2) is 0 Å². The summed E-state index contributed by atoms with van der Waals surface area (Å²) in [7, 11) is 1.61. The van der Waals surface area contributed by atoms with Gasteiger partial charge in [-0.2, -0.15) is 10.2 Å². The largest absolute Gasteiger partial charge is 0.467 e. The van der Waals surface area contributed by atoms with Crippen molar-refractivity contribution in [2.45, 2.75) is 19.4 Å². The molecule has 3 heterocycles. The number of nitrogens with zero attached hydrogens (tertiary/aromatic N) is 5. The Balaban J connectivity index is 1.48. The summed E-state index contributed by atoms with van der Waals surface area (Å²) in [6, 6.07) is 18.3. The molecule has 0 spiro atoms. The van der Waals surface area contributed by atoms with Crippen molar-refractivity contribution in [1.29, 1.82) is 0 Å². The maximum absolute atomic E-state index is 13.2. The van der Waals surface area contributed by atoms with Crippen molar-refractivity contribution in [3.63, 3.8) is 0 Å². The number of carbonyl (C=O) groups is 1.